The molecule has 4 rings (SSSR count). The van der Waals surface area contributed by atoms with E-state index >= 15 is 0 Å². The van der Waals surface area contributed by atoms with E-state index in [0.717, 1.165) is 11.3 Å². The predicted molar refractivity (Wildman–Crippen MR) is 155 cm³/mol. The van der Waals surface area contributed by atoms with Crippen LogP contribution in [0.4, 0.5) is 0 Å². The number of aliphatic hydroxyl groups excluding tert-OH is 1. The third-order valence-corrected chi connectivity index (χ3v) is 7.56. The molecule has 0 aliphatic heterocycles. The van der Waals surface area contributed by atoms with E-state index in [2.05, 4.69) is 75.1 Å². The summed E-state index contributed by atoms with van der Waals surface area (Å²) in [4.78, 5) is 15.7. The van der Waals surface area contributed by atoms with Crippen LogP contribution in [0.15, 0.2) is 60.5 Å². The molecular weight excluding hydrogens is 655 g/mol. The summed E-state index contributed by atoms with van der Waals surface area (Å²) in [5.41, 5.74) is 4.89. The van der Waals surface area contributed by atoms with Crippen molar-refractivity contribution in [2.45, 2.75) is 67.2 Å². The van der Waals surface area contributed by atoms with Gasteiger partial charge in [0.05, 0.1) is 5.76 Å². The van der Waals surface area contributed by atoms with Crippen LogP contribution in [0.1, 0.15) is 78.4 Å². The molecule has 0 saturated carbocycles. The van der Waals surface area contributed by atoms with Gasteiger partial charge >= 0.3 is 0 Å². The van der Waals surface area contributed by atoms with Gasteiger partial charge in [0.1, 0.15) is 0 Å². The van der Waals surface area contributed by atoms with Crippen molar-refractivity contribution in [3.63, 3.8) is 0 Å². The molecule has 1 N–H and O–H groups in total. The summed E-state index contributed by atoms with van der Waals surface area (Å²) < 4.78 is 2.69. The van der Waals surface area contributed by atoms with Gasteiger partial charge in [-0.3, -0.25) is 4.79 Å². The van der Waals surface area contributed by atoms with E-state index in [1.54, 1.807) is 0 Å². The number of thiophene rings is 1. The number of aliphatic hydroxyl groups is 1. The van der Waals surface area contributed by atoms with Gasteiger partial charge < -0.3 is 10.1 Å². The fourth-order valence-electron chi connectivity index (χ4n) is 3.85. The standard InChI is InChI=1S/C23H22NS.C9H16O2.Ir/c1-14(2)16-11-12-24-21(13-16)20-10-6-9-19-18-8-5-7-17(15(3)4)22(18)25-23(19)20;1-6(2)8(10)5-9(11)7(3)4;/h5-9,11-15H,1-4H3;5-7,10H,1-4H3;/q-1;;/b;8-5-;. The topological polar surface area (TPSA) is 50.2 Å². The fraction of sp³-hybridized carbons (Fsp3) is 0.375. The molecule has 2 aromatic heterocycles. The molecule has 5 heteroatoms. The number of ketones is 1. The molecule has 0 unspecified atom stereocenters. The monoisotopic (exact) mass is 693 g/mol. The van der Waals surface area contributed by atoms with E-state index in [4.69, 9.17) is 0 Å². The Morgan fingerprint density at radius 3 is 2.19 bits per heavy atom. The molecule has 2 heterocycles. The average molecular weight is 693 g/mol. The minimum absolute atomic E-state index is 0. The third-order valence-electron chi connectivity index (χ3n) is 6.27. The third kappa shape index (κ3) is 7.37. The number of aromatic nitrogens is 1. The van der Waals surface area contributed by atoms with Gasteiger partial charge in [-0.05, 0) is 39.2 Å². The number of fused-ring (bicyclic) bond motifs is 3. The van der Waals surface area contributed by atoms with E-state index < -0.39 is 0 Å². The van der Waals surface area contributed by atoms with Gasteiger partial charge in [-0.2, -0.15) is 11.3 Å². The van der Waals surface area contributed by atoms with E-state index in [9.17, 15) is 9.90 Å². The van der Waals surface area contributed by atoms with E-state index in [-0.39, 0.29) is 43.5 Å². The molecule has 0 atom stereocenters. The summed E-state index contributed by atoms with van der Waals surface area (Å²) >= 11 is 1.88. The smallest absolute Gasteiger partial charge is 0.161 e. The first-order valence-electron chi connectivity index (χ1n) is 12.8. The molecule has 4 aromatic rings. The van der Waals surface area contributed by atoms with E-state index in [0.29, 0.717) is 11.8 Å². The van der Waals surface area contributed by atoms with Gasteiger partial charge in [0, 0.05) is 48.9 Å². The van der Waals surface area contributed by atoms with Gasteiger partial charge in [0.25, 0.3) is 0 Å². The number of hydrogen-bond acceptors (Lipinski definition) is 4. The van der Waals surface area contributed by atoms with Crippen molar-refractivity contribution in [2.75, 3.05) is 0 Å². The minimum Gasteiger partial charge on any atom is -0.512 e. The second-order valence-electron chi connectivity index (χ2n) is 10.5. The van der Waals surface area contributed by atoms with Gasteiger partial charge in [0.2, 0.25) is 0 Å². The molecule has 199 valence electrons. The van der Waals surface area contributed by atoms with Crippen molar-refractivity contribution >= 4 is 37.3 Å². The van der Waals surface area contributed by atoms with Crippen molar-refractivity contribution in [3.8, 4) is 11.3 Å². The van der Waals surface area contributed by atoms with Crippen molar-refractivity contribution < 1.29 is 30.0 Å². The maximum atomic E-state index is 11.0. The summed E-state index contributed by atoms with van der Waals surface area (Å²) in [5, 5.41) is 11.8. The summed E-state index contributed by atoms with van der Waals surface area (Å²) in [6.07, 6.45) is 3.24. The van der Waals surface area contributed by atoms with Crippen LogP contribution in [0.2, 0.25) is 0 Å². The quantitative estimate of drug-likeness (QED) is 0.124. The molecule has 3 nitrogen and oxygen atoms in total. The van der Waals surface area contributed by atoms with Crippen LogP contribution >= 0.6 is 11.3 Å². The van der Waals surface area contributed by atoms with Crippen LogP contribution in [0.3, 0.4) is 0 Å². The van der Waals surface area contributed by atoms with Crippen molar-refractivity contribution in [1.82, 2.24) is 4.98 Å². The number of carbonyl (C=O) groups excluding carboxylic acids is 1. The molecule has 0 fully saturated rings. The SMILES string of the molecule is CC(C)C(=O)/C=C(\O)C(C)C.CC(C)c1ccnc(-c2[c-]ccc3c2sc2c(C(C)C)cccc23)c1.[Ir]. The Labute approximate surface area is 239 Å². The van der Waals surface area contributed by atoms with Gasteiger partial charge in [0.15, 0.2) is 5.78 Å². The summed E-state index contributed by atoms with van der Waals surface area (Å²) in [6, 6.07) is 18.7. The van der Waals surface area contributed by atoms with Crippen LogP contribution in [0, 0.1) is 17.9 Å². The summed E-state index contributed by atoms with van der Waals surface area (Å²) in [5.74, 6) is 1.18. The minimum atomic E-state index is -0.0316. The van der Waals surface area contributed by atoms with Crippen LogP contribution in [0.25, 0.3) is 31.4 Å². The first kappa shape index (κ1) is 30.9. The molecule has 0 saturated heterocycles. The van der Waals surface area contributed by atoms with Crippen molar-refractivity contribution in [3.05, 3.63) is 77.7 Å². The van der Waals surface area contributed by atoms with Crippen LogP contribution < -0.4 is 0 Å². The van der Waals surface area contributed by atoms with Gasteiger partial charge in [-0.15, -0.1) is 23.8 Å². The van der Waals surface area contributed by atoms with Gasteiger partial charge in [-0.25, -0.2) is 0 Å². The Hall–Kier alpha value is -2.33. The van der Waals surface area contributed by atoms with Crippen LogP contribution in [-0.2, 0) is 24.9 Å². The van der Waals surface area contributed by atoms with Crippen molar-refractivity contribution in [2.24, 2.45) is 11.8 Å². The average Bonchev–Trinajstić information content (AvgIpc) is 3.23. The first-order chi connectivity index (χ1) is 17.0. The normalized spacial score (nSPS) is 11.8. The Bertz CT molecular complexity index is 1380. The molecule has 0 aliphatic carbocycles. The van der Waals surface area contributed by atoms with Crippen LogP contribution in [-0.4, -0.2) is 15.9 Å². The molecule has 1 radical (unpaired) electrons. The zero-order valence-corrected chi connectivity index (χ0v) is 26.3. The summed E-state index contributed by atoms with van der Waals surface area (Å²) in [7, 11) is 0. The Kier molecular flexibility index (Phi) is 11.2. The Morgan fingerprint density at radius 2 is 1.59 bits per heavy atom. The fourth-order valence-corrected chi connectivity index (χ4v) is 5.32. The van der Waals surface area contributed by atoms with E-state index in [1.165, 1.54) is 37.4 Å². The largest absolute Gasteiger partial charge is 0.512 e. The number of allylic oxidation sites excluding steroid dienone is 2. The van der Waals surface area contributed by atoms with E-state index in [1.807, 2.05) is 51.3 Å². The number of pyridine rings is 1. The molecule has 0 spiro atoms. The van der Waals surface area contributed by atoms with Crippen molar-refractivity contribution in [1.29, 1.82) is 0 Å². The molecular formula is C32H38IrNO2S-. The van der Waals surface area contributed by atoms with Gasteiger partial charge in [-0.1, -0.05) is 90.6 Å². The zero-order valence-electron chi connectivity index (χ0n) is 23.0. The number of carbonyl (C=O) groups is 1. The number of benzene rings is 2. The number of hydrogen-bond donors (Lipinski definition) is 1. The zero-order chi connectivity index (χ0) is 26.6. The molecule has 0 bridgehead atoms. The Morgan fingerprint density at radius 1 is 0.919 bits per heavy atom. The number of nitrogens with zero attached hydrogens (tertiary/aromatic N) is 1. The molecule has 2 aromatic carbocycles. The predicted octanol–water partition coefficient (Wildman–Crippen LogP) is 9.47. The first-order valence-corrected chi connectivity index (χ1v) is 13.6. The Balaban J connectivity index is 0.000000344. The van der Waals surface area contributed by atoms with Crippen LogP contribution in [0.5, 0.6) is 0 Å². The number of rotatable bonds is 6. The maximum Gasteiger partial charge on any atom is 0.161 e. The maximum absolute atomic E-state index is 11.0. The molecule has 0 aliphatic rings. The second kappa shape index (κ2) is 13.5. The second-order valence-corrected chi connectivity index (χ2v) is 11.5. The molecule has 0 amide bonds. The molecule has 37 heavy (non-hydrogen) atoms. The summed E-state index contributed by atoms with van der Waals surface area (Å²) in [6.45, 7) is 16.3.